The zero-order valence-electron chi connectivity index (χ0n) is 11.2. The number of ether oxygens (including phenoxy) is 2. The Morgan fingerprint density at radius 1 is 1.33 bits per heavy atom. The van der Waals surface area contributed by atoms with Gasteiger partial charge in [-0.15, -0.1) is 0 Å². The highest BCUT2D eigenvalue weighted by molar-refractivity contribution is 5.68. The summed E-state index contributed by atoms with van der Waals surface area (Å²) in [6.45, 7) is 3.81. The molecule has 0 aromatic rings. The SMILES string of the molecule is CCC1(OC(=O)N2CCCCC2)CC2CCC1O2. The first-order chi connectivity index (χ1) is 8.73. The zero-order chi connectivity index (χ0) is 12.6. The number of rotatable bonds is 2. The van der Waals surface area contributed by atoms with Gasteiger partial charge < -0.3 is 14.4 Å². The van der Waals surface area contributed by atoms with E-state index in [4.69, 9.17) is 9.47 Å². The maximum Gasteiger partial charge on any atom is 0.410 e. The third kappa shape index (κ3) is 2.00. The molecule has 0 radical (unpaired) electrons. The fourth-order valence-electron chi connectivity index (χ4n) is 3.63. The van der Waals surface area contributed by atoms with E-state index in [1.807, 2.05) is 4.90 Å². The van der Waals surface area contributed by atoms with Gasteiger partial charge in [0.1, 0.15) is 5.60 Å². The van der Waals surface area contributed by atoms with Crippen molar-refractivity contribution in [2.24, 2.45) is 0 Å². The molecule has 0 saturated carbocycles. The highest BCUT2D eigenvalue weighted by Gasteiger charge is 2.54. The summed E-state index contributed by atoms with van der Waals surface area (Å²) < 4.78 is 11.8. The first-order valence-electron chi connectivity index (χ1n) is 7.37. The second-order valence-corrected chi connectivity index (χ2v) is 5.86. The molecule has 3 saturated heterocycles. The molecule has 18 heavy (non-hydrogen) atoms. The number of carbonyl (C=O) groups is 1. The predicted octanol–water partition coefficient (Wildman–Crippen LogP) is 2.71. The smallest absolute Gasteiger partial charge is 0.410 e. The molecule has 3 unspecified atom stereocenters. The summed E-state index contributed by atoms with van der Waals surface area (Å²) in [7, 11) is 0. The molecule has 0 N–H and O–H groups in total. The minimum Gasteiger partial charge on any atom is -0.440 e. The molecule has 3 aliphatic rings. The summed E-state index contributed by atoms with van der Waals surface area (Å²) in [4.78, 5) is 14.1. The maximum absolute atomic E-state index is 12.2. The average Bonchev–Trinajstić information content (AvgIpc) is 3.00. The summed E-state index contributed by atoms with van der Waals surface area (Å²) in [6, 6.07) is 0. The summed E-state index contributed by atoms with van der Waals surface area (Å²) in [5.41, 5.74) is -0.336. The van der Waals surface area contributed by atoms with Crippen molar-refractivity contribution in [2.75, 3.05) is 13.1 Å². The maximum atomic E-state index is 12.2. The van der Waals surface area contributed by atoms with Crippen molar-refractivity contribution >= 4 is 6.09 Å². The van der Waals surface area contributed by atoms with Gasteiger partial charge in [-0.3, -0.25) is 0 Å². The van der Waals surface area contributed by atoms with Gasteiger partial charge in [-0.25, -0.2) is 4.79 Å². The molecular weight excluding hydrogens is 230 g/mol. The third-order valence-electron chi connectivity index (χ3n) is 4.77. The third-order valence-corrected chi connectivity index (χ3v) is 4.77. The number of likely N-dealkylation sites (tertiary alicyclic amines) is 1. The van der Waals surface area contributed by atoms with E-state index >= 15 is 0 Å². The van der Waals surface area contributed by atoms with E-state index in [1.54, 1.807) is 0 Å². The largest absolute Gasteiger partial charge is 0.440 e. The minimum absolute atomic E-state index is 0.118. The van der Waals surface area contributed by atoms with Gasteiger partial charge in [0.05, 0.1) is 12.2 Å². The molecule has 1 amide bonds. The summed E-state index contributed by atoms with van der Waals surface area (Å²) in [5.74, 6) is 0. The molecule has 0 aromatic carbocycles. The molecule has 3 heterocycles. The van der Waals surface area contributed by atoms with Crippen molar-refractivity contribution < 1.29 is 14.3 Å². The Balaban J connectivity index is 1.65. The number of piperidine rings is 1. The van der Waals surface area contributed by atoms with Gasteiger partial charge in [-0.05, 0) is 38.5 Å². The molecule has 4 heteroatoms. The molecule has 4 nitrogen and oxygen atoms in total. The van der Waals surface area contributed by atoms with Crippen molar-refractivity contribution in [3.63, 3.8) is 0 Å². The molecule has 102 valence electrons. The lowest BCUT2D eigenvalue weighted by molar-refractivity contribution is -0.0575. The standard InChI is InChI=1S/C14H23NO3/c1-2-14(10-11-6-7-12(14)17-11)18-13(16)15-8-4-3-5-9-15/h11-12H,2-10H2,1H3. The number of hydrogen-bond acceptors (Lipinski definition) is 3. The number of amides is 1. The van der Waals surface area contributed by atoms with Crippen molar-refractivity contribution in [2.45, 2.75) is 69.7 Å². The van der Waals surface area contributed by atoms with Gasteiger partial charge in [-0.1, -0.05) is 6.92 Å². The van der Waals surface area contributed by atoms with Crippen molar-refractivity contribution in [1.82, 2.24) is 4.90 Å². The Bertz CT molecular complexity index is 327. The molecule has 0 spiro atoms. The minimum atomic E-state index is -0.336. The molecule has 0 aromatic heterocycles. The van der Waals surface area contributed by atoms with Crippen LogP contribution in [0.15, 0.2) is 0 Å². The Kier molecular flexibility index (Phi) is 3.22. The lowest BCUT2D eigenvalue weighted by atomic mass is 9.82. The van der Waals surface area contributed by atoms with Crippen molar-refractivity contribution in [3.8, 4) is 0 Å². The highest BCUT2D eigenvalue weighted by atomic mass is 16.6. The van der Waals surface area contributed by atoms with Crippen LogP contribution < -0.4 is 0 Å². The normalized spacial score (nSPS) is 39.1. The number of nitrogens with zero attached hydrogens (tertiary/aromatic N) is 1. The summed E-state index contributed by atoms with van der Waals surface area (Å²) >= 11 is 0. The van der Waals surface area contributed by atoms with Crippen LogP contribution in [0.1, 0.15) is 51.9 Å². The van der Waals surface area contributed by atoms with Crippen LogP contribution in [0.5, 0.6) is 0 Å². The Labute approximate surface area is 109 Å². The average molecular weight is 253 g/mol. The lowest BCUT2D eigenvalue weighted by Crippen LogP contribution is -2.48. The fourth-order valence-corrected chi connectivity index (χ4v) is 3.63. The van der Waals surface area contributed by atoms with Gasteiger partial charge in [0, 0.05) is 19.5 Å². The Morgan fingerprint density at radius 2 is 2.11 bits per heavy atom. The highest BCUT2D eigenvalue weighted by Crippen LogP contribution is 2.46. The topological polar surface area (TPSA) is 38.8 Å². The van der Waals surface area contributed by atoms with Gasteiger partial charge in [0.15, 0.2) is 0 Å². The van der Waals surface area contributed by atoms with E-state index in [1.165, 1.54) is 6.42 Å². The molecule has 3 rings (SSSR count). The van der Waals surface area contributed by atoms with Crippen LogP contribution in [0, 0.1) is 0 Å². The molecule has 2 bridgehead atoms. The van der Waals surface area contributed by atoms with Gasteiger partial charge >= 0.3 is 6.09 Å². The first kappa shape index (κ1) is 12.3. The van der Waals surface area contributed by atoms with Crippen molar-refractivity contribution in [1.29, 1.82) is 0 Å². The van der Waals surface area contributed by atoms with E-state index in [-0.39, 0.29) is 17.8 Å². The number of carbonyl (C=O) groups excluding carboxylic acids is 1. The van der Waals surface area contributed by atoms with Crippen LogP contribution >= 0.6 is 0 Å². The first-order valence-corrected chi connectivity index (χ1v) is 7.37. The zero-order valence-corrected chi connectivity index (χ0v) is 11.2. The van der Waals surface area contributed by atoms with E-state index in [0.29, 0.717) is 6.10 Å². The van der Waals surface area contributed by atoms with Crippen LogP contribution in [0.4, 0.5) is 4.79 Å². The van der Waals surface area contributed by atoms with Gasteiger partial charge in [0.2, 0.25) is 0 Å². The van der Waals surface area contributed by atoms with Gasteiger partial charge in [-0.2, -0.15) is 0 Å². The lowest BCUT2D eigenvalue weighted by Gasteiger charge is -2.36. The van der Waals surface area contributed by atoms with E-state index in [9.17, 15) is 4.79 Å². The van der Waals surface area contributed by atoms with Crippen molar-refractivity contribution in [3.05, 3.63) is 0 Å². The predicted molar refractivity (Wildman–Crippen MR) is 67.4 cm³/mol. The molecule has 3 fully saturated rings. The van der Waals surface area contributed by atoms with E-state index in [0.717, 1.165) is 51.6 Å². The van der Waals surface area contributed by atoms with Crippen LogP contribution in [0.2, 0.25) is 0 Å². The van der Waals surface area contributed by atoms with Crippen LogP contribution in [0.25, 0.3) is 0 Å². The van der Waals surface area contributed by atoms with Crippen LogP contribution in [0.3, 0.4) is 0 Å². The summed E-state index contributed by atoms with van der Waals surface area (Å²) in [6.07, 6.45) is 7.74. The molecule has 3 atom stereocenters. The number of fused-ring (bicyclic) bond motifs is 2. The van der Waals surface area contributed by atoms with Gasteiger partial charge in [0.25, 0.3) is 0 Å². The Morgan fingerprint density at radius 3 is 2.67 bits per heavy atom. The summed E-state index contributed by atoms with van der Waals surface area (Å²) in [5, 5.41) is 0. The second-order valence-electron chi connectivity index (χ2n) is 5.86. The molecule has 3 aliphatic heterocycles. The van der Waals surface area contributed by atoms with E-state index in [2.05, 4.69) is 6.92 Å². The van der Waals surface area contributed by atoms with Crippen LogP contribution in [-0.2, 0) is 9.47 Å². The monoisotopic (exact) mass is 253 g/mol. The Hall–Kier alpha value is -0.770. The van der Waals surface area contributed by atoms with E-state index < -0.39 is 0 Å². The quantitative estimate of drug-likeness (QED) is 0.759. The number of hydrogen-bond donors (Lipinski definition) is 0. The van der Waals surface area contributed by atoms with Crippen LogP contribution in [-0.4, -0.2) is 41.9 Å². The second kappa shape index (κ2) is 4.72. The molecule has 0 aliphatic carbocycles. The fraction of sp³-hybridized carbons (Fsp3) is 0.929. The molecular formula is C14H23NO3.